The predicted octanol–water partition coefficient (Wildman–Crippen LogP) is 4.24. The second kappa shape index (κ2) is 8.62. The molecular weight excluding hydrogens is 270 g/mol. The van der Waals surface area contributed by atoms with Crippen LogP contribution >= 0.6 is 0 Å². The molecule has 0 fully saturated rings. The third kappa shape index (κ3) is 5.34. The molecule has 0 aliphatic carbocycles. The molecule has 0 saturated heterocycles. The van der Waals surface area contributed by atoms with Crippen molar-refractivity contribution in [3.63, 3.8) is 0 Å². The van der Waals surface area contributed by atoms with Crippen LogP contribution in [0, 0.1) is 16.0 Å². The van der Waals surface area contributed by atoms with E-state index >= 15 is 0 Å². The van der Waals surface area contributed by atoms with Gasteiger partial charge in [0.2, 0.25) is 0 Å². The summed E-state index contributed by atoms with van der Waals surface area (Å²) >= 11 is 0. The number of aliphatic hydroxyl groups is 1. The van der Waals surface area contributed by atoms with E-state index in [1.807, 2.05) is 0 Å². The van der Waals surface area contributed by atoms with Crippen molar-refractivity contribution in [2.45, 2.75) is 52.6 Å². The zero-order valence-electron chi connectivity index (χ0n) is 13.0. The lowest BCUT2D eigenvalue weighted by molar-refractivity contribution is -0.385. The molecule has 1 aromatic carbocycles. The standard InChI is InChI=1S/C16H25NO4/c1-4-6-7-13(5-2)11-21-16-9-8-14(17(19)20)10-15(16)12(3)18/h8-10,12-13,18H,4-7,11H2,1-3H3/t12-,13?/m0/s1. The molecule has 0 aliphatic heterocycles. The lowest BCUT2D eigenvalue weighted by Gasteiger charge is -2.18. The first kappa shape index (κ1) is 17.4. The Bertz CT molecular complexity index is 460. The first-order valence-corrected chi connectivity index (χ1v) is 7.58. The Morgan fingerprint density at radius 3 is 2.62 bits per heavy atom. The second-order valence-electron chi connectivity index (χ2n) is 5.38. The van der Waals surface area contributed by atoms with Crippen molar-refractivity contribution in [2.75, 3.05) is 6.61 Å². The molecule has 0 bridgehead atoms. The number of benzene rings is 1. The number of hydrogen-bond donors (Lipinski definition) is 1. The van der Waals surface area contributed by atoms with Crippen molar-refractivity contribution < 1.29 is 14.8 Å². The molecular formula is C16H25NO4. The fourth-order valence-electron chi connectivity index (χ4n) is 2.21. The van der Waals surface area contributed by atoms with Gasteiger partial charge in [0.1, 0.15) is 5.75 Å². The topological polar surface area (TPSA) is 72.6 Å². The van der Waals surface area contributed by atoms with Gasteiger partial charge in [-0.15, -0.1) is 0 Å². The van der Waals surface area contributed by atoms with Crippen LogP contribution in [0.3, 0.4) is 0 Å². The smallest absolute Gasteiger partial charge is 0.270 e. The molecule has 0 radical (unpaired) electrons. The van der Waals surface area contributed by atoms with Crippen LogP contribution in [0.1, 0.15) is 58.1 Å². The molecule has 0 amide bonds. The first-order chi connectivity index (χ1) is 9.99. The van der Waals surface area contributed by atoms with Crippen LogP contribution in [0.4, 0.5) is 5.69 Å². The molecule has 118 valence electrons. The fraction of sp³-hybridized carbons (Fsp3) is 0.625. The molecule has 1 rings (SSSR count). The van der Waals surface area contributed by atoms with Crippen LogP contribution in [0.5, 0.6) is 5.75 Å². The molecule has 5 nitrogen and oxygen atoms in total. The van der Waals surface area contributed by atoms with Gasteiger partial charge >= 0.3 is 0 Å². The van der Waals surface area contributed by atoms with Crippen LogP contribution in [-0.2, 0) is 0 Å². The number of nitro benzene ring substituents is 1. The Labute approximate surface area is 126 Å². The molecule has 2 atom stereocenters. The van der Waals surface area contributed by atoms with Gasteiger partial charge in [0.05, 0.1) is 17.6 Å². The highest BCUT2D eigenvalue weighted by atomic mass is 16.6. The van der Waals surface area contributed by atoms with E-state index in [1.165, 1.54) is 18.6 Å². The maximum Gasteiger partial charge on any atom is 0.270 e. The van der Waals surface area contributed by atoms with Crippen molar-refractivity contribution in [1.29, 1.82) is 0 Å². The summed E-state index contributed by atoms with van der Waals surface area (Å²) in [6.07, 6.45) is 3.69. The van der Waals surface area contributed by atoms with Gasteiger partial charge in [-0.3, -0.25) is 10.1 Å². The average Bonchev–Trinajstić information content (AvgIpc) is 2.47. The van der Waals surface area contributed by atoms with Gasteiger partial charge in [-0.2, -0.15) is 0 Å². The van der Waals surface area contributed by atoms with Crippen molar-refractivity contribution in [2.24, 2.45) is 5.92 Å². The van der Waals surface area contributed by atoms with Gasteiger partial charge < -0.3 is 9.84 Å². The zero-order valence-corrected chi connectivity index (χ0v) is 13.0. The van der Waals surface area contributed by atoms with Crippen molar-refractivity contribution >= 4 is 5.69 Å². The molecule has 0 aliphatic rings. The number of rotatable bonds is 9. The largest absolute Gasteiger partial charge is 0.493 e. The van der Waals surface area contributed by atoms with Crippen molar-refractivity contribution in [1.82, 2.24) is 0 Å². The van der Waals surface area contributed by atoms with Crippen LogP contribution < -0.4 is 4.74 Å². The highest BCUT2D eigenvalue weighted by Gasteiger charge is 2.16. The fourth-order valence-corrected chi connectivity index (χ4v) is 2.21. The molecule has 5 heteroatoms. The number of unbranched alkanes of at least 4 members (excludes halogenated alkanes) is 1. The predicted molar refractivity (Wildman–Crippen MR) is 82.5 cm³/mol. The molecule has 1 aromatic rings. The van der Waals surface area contributed by atoms with Crippen LogP contribution in [0.15, 0.2) is 18.2 Å². The minimum atomic E-state index is -0.796. The molecule has 0 spiro atoms. The molecule has 0 heterocycles. The third-order valence-corrected chi connectivity index (χ3v) is 3.67. The highest BCUT2D eigenvalue weighted by Crippen LogP contribution is 2.30. The number of hydrogen-bond acceptors (Lipinski definition) is 4. The van der Waals surface area contributed by atoms with E-state index in [2.05, 4.69) is 13.8 Å². The summed E-state index contributed by atoms with van der Waals surface area (Å²) in [6.45, 7) is 6.46. The van der Waals surface area contributed by atoms with E-state index in [4.69, 9.17) is 4.74 Å². The minimum Gasteiger partial charge on any atom is -0.493 e. The lowest BCUT2D eigenvalue weighted by atomic mass is 10.0. The Morgan fingerprint density at radius 1 is 1.38 bits per heavy atom. The first-order valence-electron chi connectivity index (χ1n) is 7.58. The van der Waals surface area contributed by atoms with Gasteiger partial charge in [-0.1, -0.05) is 33.1 Å². The molecule has 0 aromatic heterocycles. The highest BCUT2D eigenvalue weighted by molar-refractivity contribution is 5.44. The van der Waals surface area contributed by atoms with Gasteiger partial charge in [-0.05, 0) is 25.3 Å². The summed E-state index contributed by atoms with van der Waals surface area (Å²) in [6, 6.07) is 4.37. The Morgan fingerprint density at radius 2 is 2.10 bits per heavy atom. The quantitative estimate of drug-likeness (QED) is 0.546. The minimum absolute atomic E-state index is 0.0312. The van der Waals surface area contributed by atoms with Crippen LogP contribution in [0.2, 0.25) is 0 Å². The normalized spacial score (nSPS) is 13.7. The summed E-state index contributed by atoms with van der Waals surface area (Å²) < 4.78 is 5.80. The van der Waals surface area contributed by atoms with Gasteiger partial charge in [0.15, 0.2) is 0 Å². The third-order valence-electron chi connectivity index (χ3n) is 3.67. The van der Waals surface area contributed by atoms with E-state index in [-0.39, 0.29) is 5.69 Å². The van der Waals surface area contributed by atoms with Crippen molar-refractivity contribution in [3.8, 4) is 5.75 Å². The van der Waals surface area contributed by atoms with Gasteiger partial charge in [0, 0.05) is 17.7 Å². The van der Waals surface area contributed by atoms with Crippen molar-refractivity contribution in [3.05, 3.63) is 33.9 Å². The Kier molecular flexibility index (Phi) is 7.15. The summed E-state index contributed by atoms with van der Waals surface area (Å²) in [4.78, 5) is 10.3. The molecule has 1 N–H and O–H groups in total. The Balaban J connectivity index is 2.80. The van der Waals surface area contributed by atoms with Crippen LogP contribution in [0.25, 0.3) is 0 Å². The number of aliphatic hydroxyl groups excluding tert-OH is 1. The molecule has 1 unspecified atom stereocenters. The van der Waals surface area contributed by atoms with Crippen LogP contribution in [-0.4, -0.2) is 16.6 Å². The number of non-ortho nitro benzene ring substituents is 1. The van der Waals surface area contributed by atoms with E-state index < -0.39 is 11.0 Å². The maximum atomic E-state index is 10.8. The van der Waals surface area contributed by atoms with E-state index in [9.17, 15) is 15.2 Å². The molecule has 0 saturated carbocycles. The summed E-state index contributed by atoms with van der Waals surface area (Å²) in [5, 5.41) is 20.6. The van der Waals surface area contributed by atoms with E-state index in [0.717, 1.165) is 19.3 Å². The second-order valence-corrected chi connectivity index (χ2v) is 5.38. The van der Waals surface area contributed by atoms with E-state index in [1.54, 1.807) is 13.0 Å². The van der Waals surface area contributed by atoms with Gasteiger partial charge in [-0.25, -0.2) is 0 Å². The summed E-state index contributed by atoms with van der Waals surface area (Å²) in [5.41, 5.74) is 0.436. The summed E-state index contributed by atoms with van der Waals surface area (Å²) in [7, 11) is 0. The zero-order chi connectivity index (χ0) is 15.8. The molecule has 21 heavy (non-hydrogen) atoms. The average molecular weight is 295 g/mol. The number of ether oxygens (including phenoxy) is 1. The maximum absolute atomic E-state index is 10.8. The monoisotopic (exact) mass is 295 g/mol. The lowest BCUT2D eigenvalue weighted by Crippen LogP contribution is -2.12. The number of nitro groups is 1. The Hall–Kier alpha value is -1.62. The van der Waals surface area contributed by atoms with Gasteiger partial charge in [0.25, 0.3) is 5.69 Å². The SMILES string of the molecule is CCCCC(CC)COc1ccc([N+](=O)[O-])cc1[C@H](C)O. The number of nitrogens with zero attached hydrogens (tertiary/aromatic N) is 1. The summed E-state index contributed by atoms with van der Waals surface area (Å²) in [5.74, 6) is 1.01. The van der Waals surface area contributed by atoms with E-state index in [0.29, 0.717) is 23.8 Å².